The van der Waals surface area contributed by atoms with Crippen molar-refractivity contribution >= 4 is 15.8 Å². The molecule has 1 aliphatic rings. The number of pyridine rings is 1. The Morgan fingerprint density at radius 3 is 2.63 bits per heavy atom. The third-order valence-corrected chi connectivity index (χ3v) is 2.89. The molecule has 1 N–H and O–H groups in total. The molecular weight excluding hydrogens is 268 g/mol. The van der Waals surface area contributed by atoms with Crippen molar-refractivity contribution < 1.29 is 17.9 Å². The number of hydrogen-bond acceptors (Lipinski definition) is 5. The van der Waals surface area contributed by atoms with Gasteiger partial charge in [0.2, 0.25) is 15.8 Å². The van der Waals surface area contributed by atoms with Gasteiger partial charge in [0, 0.05) is 12.3 Å². The van der Waals surface area contributed by atoms with Crippen molar-refractivity contribution in [1.29, 1.82) is 0 Å². The molecule has 1 aromatic heterocycles. The monoisotopic (exact) mass is 286 g/mol. The van der Waals surface area contributed by atoms with Crippen molar-refractivity contribution in [2.45, 2.75) is 38.9 Å². The summed E-state index contributed by atoms with van der Waals surface area (Å²) in [4.78, 5) is 4.01. The Kier molecular flexibility index (Phi) is 3.84. The zero-order chi connectivity index (χ0) is 14.0. The Balaban J connectivity index is 2.33. The lowest BCUT2D eigenvalue weighted by Crippen LogP contribution is -2.15. The van der Waals surface area contributed by atoms with E-state index in [9.17, 15) is 8.42 Å². The number of rotatable bonds is 6. The van der Waals surface area contributed by atoms with E-state index in [-0.39, 0.29) is 18.0 Å². The van der Waals surface area contributed by atoms with E-state index in [0.717, 1.165) is 19.1 Å². The molecule has 0 unspecified atom stereocenters. The van der Waals surface area contributed by atoms with Gasteiger partial charge in [-0.2, -0.15) is 0 Å². The molecule has 1 saturated carbocycles. The Hall–Kier alpha value is -1.50. The summed E-state index contributed by atoms with van der Waals surface area (Å²) in [6.45, 7) is 3.72. The minimum Gasteiger partial charge on any atom is -0.486 e. The van der Waals surface area contributed by atoms with Crippen LogP contribution >= 0.6 is 0 Å². The summed E-state index contributed by atoms with van der Waals surface area (Å²) in [5.41, 5.74) is 0. The van der Waals surface area contributed by atoms with Crippen LogP contribution in [-0.4, -0.2) is 31.9 Å². The van der Waals surface area contributed by atoms with E-state index in [1.807, 2.05) is 13.8 Å². The van der Waals surface area contributed by atoms with Gasteiger partial charge >= 0.3 is 0 Å². The average molecular weight is 286 g/mol. The van der Waals surface area contributed by atoms with E-state index < -0.39 is 10.0 Å². The maximum Gasteiger partial charge on any atom is 0.231 e. The number of ether oxygens (including phenoxy) is 2. The van der Waals surface area contributed by atoms with E-state index in [2.05, 4.69) is 9.71 Å². The summed E-state index contributed by atoms with van der Waals surface area (Å²) < 4.78 is 36.4. The van der Waals surface area contributed by atoms with Crippen LogP contribution in [0.4, 0.5) is 5.82 Å². The molecule has 1 aliphatic carbocycles. The zero-order valence-electron chi connectivity index (χ0n) is 11.2. The smallest absolute Gasteiger partial charge is 0.231 e. The molecule has 1 heterocycles. The molecule has 2 rings (SSSR count). The van der Waals surface area contributed by atoms with Crippen molar-refractivity contribution in [3.63, 3.8) is 0 Å². The summed E-state index contributed by atoms with van der Waals surface area (Å²) >= 11 is 0. The van der Waals surface area contributed by atoms with Crippen LogP contribution in [0, 0.1) is 0 Å². The number of aromatic nitrogens is 1. The summed E-state index contributed by atoms with van der Waals surface area (Å²) in [5.74, 6) is 1.03. The van der Waals surface area contributed by atoms with Gasteiger partial charge in [0.15, 0.2) is 11.6 Å². The molecule has 0 saturated heterocycles. The fourth-order valence-corrected chi connectivity index (χ4v) is 1.98. The lowest BCUT2D eigenvalue weighted by molar-refractivity contribution is 0.218. The normalized spacial score (nSPS) is 15.4. The van der Waals surface area contributed by atoms with E-state index in [1.54, 1.807) is 6.07 Å². The number of nitrogens with zero attached hydrogens (tertiary/aromatic N) is 1. The standard InChI is InChI=1S/C12H18N2O4S/c1-8(2)17-11-10(18-9-4-5-9)6-7-13-12(11)14-19(3,15)16/h6-9H,4-5H2,1-3H3,(H,13,14). The van der Waals surface area contributed by atoms with Gasteiger partial charge in [0.05, 0.1) is 18.5 Å². The van der Waals surface area contributed by atoms with Gasteiger partial charge in [-0.05, 0) is 26.7 Å². The Labute approximate surface area is 113 Å². The first-order valence-corrected chi connectivity index (χ1v) is 8.04. The van der Waals surface area contributed by atoms with Crippen molar-refractivity contribution in [3.8, 4) is 11.5 Å². The van der Waals surface area contributed by atoms with Crippen molar-refractivity contribution in [1.82, 2.24) is 4.98 Å². The molecule has 106 valence electrons. The van der Waals surface area contributed by atoms with Crippen LogP contribution < -0.4 is 14.2 Å². The second-order valence-electron chi connectivity index (χ2n) is 4.84. The summed E-state index contributed by atoms with van der Waals surface area (Å²) in [6.07, 6.45) is 4.69. The predicted molar refractivity (Wildman–Crippen MR) is 72.1 cm³/mol. The van der Waals surface area contributed by atoms with Crippen LogP contribution in [0.15, 0.2) is 12.3 Å². The van der Waals surface area contributed by atoms with Crippen LogP contribution in [0.25, 0.3) is 0 Å². The van der Waals surface area contributed by atoms with E-state index >= 15 is 0 Å². The first kappa shape index (κ1) is 13.9. The molecule has 1 aromatic rings. The van der Waals surface area contributed by atoms with E-state index in [4.69, 9.17) is 9.47 Å². The zero-order valence-corrected chi connectivity index (χ0v) is 12.0. The SMILES string of the molecule is CC(C)Oc1c(OC2CC2)ccnc1NS(C)(=O)=O. The second-order valence-corrected chi connectivity index (χ2v) is 6.59. The topological polar surface area (TPSA) is 77.5 Å². The maximum absolute atomic E-state index is 11.3. The molecule has 1 fully saturated rings. The van der Waals surface area contributed by atoms with E-state index in [1.165, 1.54) is 6.20 Å². The Morgan fingerprint density at radius 2 is 2.11 bits per heavy atom. The number of hydrogen-bond donors (Lipinski definition) is 1. The summed E-state index contributed by atoms with van der Waals surface area (Å²) in [7, 11) is -3.41. The number of sulfonamides is 1. The van der Waals surface area contributed by atoms with Gasteiger partial charge in [0.25, 0.3) is 0 Å². The Morgan fingerprint density at radius 1 is 1.42 bits per heavy atom. The van der Waals surface area contributed by atoms with Gasteiger partial charge < -0.3 is 9.47 Å². The van der Waals surface area contributed by atoms with Gasteiger partial charge in [-0.15, -0.1) is 0 Å². The molecular formula is C12H18N2O4S. The van der Waals surface area contributed by atoms with Crippen LogP contribution in [0.2, 0.25) is 0 Å². The minimum absolute atomic E-state index is 0.106. The van der Waals surface area contributed by atoms with Crippen LogP contribution in [-0.2, 0) is 10.0 Å². The minimum atomic E-state index is -3.41. The van der Waals surface area contributed by atoms with Crippen LogP contribution in [0.1, 0.15) is 26.7 Å². The van der Waals surface area contributed by atoms with Crippen LogP contribution in [0.5, 0.6) is 11.5 Å². The quantitative estimate of drug-likeness (QED) is 0.862. The second kappa shape index (κ2) is 5.24. The first-order chi connectivity index (χ1) is 8.85. The van der Waals surface area contributed by atoms with Gasteiger partial charge in [0.1, 0.15) is 0 Å². The lowest BCUT2D eigenvalue weighted by Gasteiger charge is -2.17. The molecule has 0 radical (unpaired) electrons. The predicted octanol–water partition coefficient (Wildman–Crippen LogP) is 1.78. The molecule has 0 atom stereocenters. The largest absolute Gasteiger partial charge is 0.486 e. The number of nitrogens with one attached hydrogen (secondary N) is 1. The molecule has 0 bridgehead atoms. The van der Waals surface area contributed by atoms with Gasteiger partial charge in [-0.1, -0.05) is 0 Å². The van der Waals surface area contributed by atoms with Crippen LogP contribution in [0.3, 0.4) is 0 Å². The third kappa shape index (κ3) is 4.27. The number of anilines is 1. The highest BCUT2D eigenvalue weighted by Gasteiger charge is 2.26. The lowest BCUT2D eigenvalue weighted by atomic mass is 10.3. The summed E-state index contributed by atoms with van der Waals surface area (Å²) in [6, 6.07) is 1.68. The van der Waals surface area contributed by atoms with Gasteiger partial charge in [-0.25, -0.2) is 13.4 Å². The fourth-order valence-electron chi connectivity index (χ4n) is 1.49. The summed E-state index contributed by atoms with van der Waals surface area (Å²) in [5, 5.41) is 0. The first-order valence-electron chi connectivity index (χ1n) is 6.15. The van der Waals surface area contributed by atoms with Crippen molar-refractivity contribution in [2.75, 3.05) is 11.0 Å². The van der Waals surface area contributed by atoms with Crippen molar-refractivity contribution in [3.05, 3.63) is 12.3 Å². The molecule has 19 heavy (non-hydrogen) atoms. The highest BCUT2D eigenvalue weighted by molar-refractivity contribution is 7.92. The van der Waals surface area contributed by atoms with Gasteiger partial charge in [-0.3, -0.25) is 4.72 Å². The third-order valence-electron chi connectivity index (χ3n) is 2.32. The molecule has 0 spiro atoms. The Bertz CT molecular complexity index is 553. The molecule has 6 nitrogen and oxygen atoms in total. The average Bonchev–Trinajstić information content (AvgIpc) is 3.04. The maximum atomic E-state index is 11.3. The highest BCUT2D eigenvalue weighted by atomic mass is 32.2. The molecule has 7 heteroatoms. The fraction of sp³-hybridized carbons (Fsp3) is 0.583. The molecule has 0 aliphatic heterocycles. The highest BCUT2D eigenvalue weighted by Crippen LogP contribution is 2.38. The molecule has 0 amide bonds. The van der Waals surface area contributed by atoms with E-state index in [0.29, 0.717) is 11.5 Å². The van der Waals surface area contributed by atoms with Crippen molar-refractivity contribution in [2.24, 2.45) is 0 Å². The molecule has 0 aromatic carbocycles.